The standard InChI is InChI=1S/C24H30N2O4/c1-6-15-14(2)20(17-10-8-7-9-16(15)17)13-29-22(27)25-21-18-11-26(12-19(18)21)23(28)30-24(3,4)5/h6-10,18-21H,1,11-13H2,2-5H3,(H,25,27). The molecule has 3 unspecified atom stereocenters. The minimum atomic E-state index is -0.498. The second kappa shape index (κ2) is 7.49. The molecule has 4 rings (SSSR count). The van der Waals surface area contributed by atoms with Gasteiger partial charge in [-0.3, -0.25) is 0 Å². The van der Waals surface area contributed by atoms with Crippen molar-refractivity contribution >= 4 is 17.8 Å². The van der Waals surface area contributed by atoms with E-state index in [1.54, 1.807) is 4.90 Å². The molecule has 2 amide bonds. The van der Waals surface area contributed by atoms with Gasteiger partial charge >= 0.3 is 12.2 Å². The van der Waals surface area contributed by atoms with Crippen molar-refractivity contribution in [3.63, 3.8) is 0 Å². The number of piperidine rings is 1. The van der Waals surface area contributed by atoms with E-state index in [0.29, 0.717) is 19.7 Å². The Labute approximate surface area is 177 Å². The second-order valence-corrected chi connectivity index (χ2v) is 9.42. The molecular formula is C24H30N2O4. The van der Waals surface area contributed by atoms with Crippen LogP contribution in [-0.2, 0) is 9.47 Å². The van der Waals surface area contributed by atoms with Crippen LogP contribution >= 0.6 is 0 Å². The first-order chi connectivity index (χ1) is 14.2. The highest BCUT2D eigenvalue weighted by Crippen LogP contribution is 2.46. The van der Waals surface area contributed by atoms with Gasteiger partial charge in [0, 0.05) is 36.9 Å². The molecule has 0 bridgehead atoms. The highest BCUT2D eigenvalue weighted by Gasteiger charge is 2.58. The summed E-state index contributed by atoms with van der Waals surface area (Å²) in [5.74, 6) is 0.624. The fraction of sp³-hybridized carbons (Fsp3) is 0.500. The average Bonchev–Trinajstić information content (AvgIpc) is 3.02. The number of benzene rings is 1. The predicted molar refractivity (Wildman–Crippen MR) is 115 cm³/mol. The van der Waals surface area contributed by atoms with Crippen LogP contribution in [0.25, 0.3) is 5.57 Å². The van der Waals surface area contributed by atoms with Crippen LogP contribution in [0.15, 0.2) is 42.5 Å². The Balaban J connectivity index is 1.26. The Morgan fingerprint density at radius 3 is 2.53 bits per heavy atom. The average molecular weight is 411 g/mol. The van der Waals surface area contributed by atoms with Gasteiger partial charge in [-0.2, -0.15) is 0 Å². The van der Waals surface area contributed by atoms with Crippen LogP contribution in [0.1, 0.15) is 44.7 Å². The predicted octanol–water partition coefficient (Wildman–Crippen LogP) is 4.33. The maximum Gasteiger partial charge on any atom is 0.410 e. The van der Waals surface area contributed by atoms with Gasteiger partial charge in [-0.15, -0.1) is 0 Å². The molecular weight excluding hydrogens is 380 g/mol. The largest absolute Gasteiger partial charge is 0.449 e. The van der Waals surface area contributed by atoms with Gasteiger partial charge in [0.15, 0.2) is 0 Å². The van der Waals surface area contributed by atoms with Gasteiger partial charge in [-0.25, -0.2) is 9.59 Å². The van der Waals surface area contributed by atoms with Crippen molar-refractivity contribution < 1.29 is 19.1 Å². The molecule has 1 aromatic rings. The molecule has 6 nitrogen and oxygen atoms in total. The SMILES string of the molecule is C=CC1=C(C)C(COC(=O)NC2C3CN(C(=O)OC(C)(C)C)CC32)c2ccccc21. The smallest absolute Gasteiger partial charge is 0.410 e. The number of likely N-dealkylation sites (tertiary alicyclic amines) is 1. The number of allylic oxidation sites excluding steroid dienone is 2. The van der Waals surface area contributed by atoms with Gasteiger partial charge in [-0.1, -0.05) is 42.5 Å². The number of carbonyl (C=O) groups excluding carboxylic acids is 2. The topological polar surface area (TPSA) is 67.9 Å². The molecule has 1 saturated heterocycles. The van der Waals surface area contributed by atoms with Gasteiger partial charge < -0.3 is 19.7 Å². The molecule has 1 aromatic carbocycles. The van der Waals surface area contributed by atoms with E-state index >= 15 is 0 Å². The maximum absolute atomic E-state index is 12.4. The van der Waals surface area contributed by atoms with Crippen molar-refractivity contribution in [2.24, 2.45) is 11.8 Å². The fourth-order valence-corrected chi connectivity index (χ4v) is 4.72. The summed E-state index contributed by atoms with van der Waals surface area (Å²) in [7, 11) is 0. The van der Waals surface area contributed by atoms with Crippen LogP contribution in [0.5, 0.6) is 0 Å². The molecule has 30 heavy (non-hydrogen) atoms. The van der Waals surface area contributed by atoms with Crippen molar-refractivity contribution in [2.75, 3.05) is 19.7 Å². The van der Waals surface area contributed by atoms with Gasteiger partial charge in [0.2, 0.25) is 0 Å². The Kier molecular flexibility index (Phi) is 5.12. The lowest BCUT2D eigenvalue weighted by Gasteiger charge is -2.26. The van der Waals surface area contributed by atoms with Crippen LogP contribution < -0.4 is 5.32 Å². The van der Waals surface area contributed by atoms with E-state index in [1.807, 2.05) is 39.0 Å². The number of alkyl carbamates (subject to hydrolysis) is 1. The molecule has 6 heteroatoms. The summed E-state index contributed by atoms with van der Waals surface area (Å²) in [6.07, 6.45) is 1.20. The van der Waals surface area contributed by atoms with Gasteiger partial charge in [0.1, 0.15) is 12.2 Å². The number of amides is 2. The molecule has 3 atom stereocenters. The van der Waals surface area contributed by atoms with Crippen LogP contribution in [0.4, 0.5) is 9.59 Å². The zero-order chi connectivity index (χ0) is 21.6. The van der Waals surface area contributed by atoms with Crippen molar-refractivity contribution in [3.05, 3.63) is 53.6 Å². The summed E-state index contributed by atoms with van der Waals surface area (Å²) < 4.78 is 11.0. The summed E-state index contributed by atoms with van der Waals surface area (Å²) in [6.45, 7) is 13.1. The number of carbonyl (C=O) groups is 2. The summed E-state index contributed by atoms with van der Waals surface area (Å²) in [6, 6.07) is 8.26. The minimum absolute atomic E-state index is 0.0568. The Morgan fingerprint density at radius 2 is 1.90 bits per heavy atom. The Morgan fingerprint density at radius 1 is 1.23 bits per heavy atom. The van der Waals surface area contributed by atoms with Gasteiger partial charge in [-0.05, 0) is 44.4 Å². The van der Waals surface area contributed by atoms with Crippen molar-refractivity contribution in [1.29, 1.82) is 0 Å². The number of hydrogen-bond donors (Lipinski definition) is 1. The van der Waals surface area contributed by atoms with Gasteiger partial charge in [0.05, 0.1) is 0 Å². The molecule has 2 aliphatic carbocycles. The monoisotopic (exact) mass is 410 g/mol. The third kappa shape index (κ3) is 3.83. The molecule has 160 valence electrons. The lowest BCUT2D eigenvalue weighted by Crippen LogP contribution is -2.40. The van der Waals surface area contributed by atoms with E-state index in [2.05, 4.69) is 31.0 Å². The van der Waals surface area contributed by atoms with Crippen LogP contribution in [0, 0.1) is 11.8 Å². The number of nitrogens with zero attached hydrogens (tertiary/aromatic N) is 1. The van der Waals surface area contributed by atoms with Gasteiger partial charge in [0.25, 0.3) is 0 Å². The summed E-state index contributed by atoms with van der Waals surface area (Å²) in [5, 5.41) is 2.98. The molecule has 1 saturated carbocycles. The van der Waals surface area contributed by atoms with Crippen molar-refractivity contribution in [3.8, 4) is 0 Å². The number of ether oxygens (including phenoxy) is 2. The zero-order valence-electron chi connectivity index (χ0n) is 18.1. The lowest BCUT2D eigenvalue weighted by atomic mass is 9.98. The van der Waals surface area contributed by atoms with Crippen LogP contribution in [-0.4, -0.2) is 48.4 Å². The lowest BCUT2D eigenvalue weighted by molar-refractivity contribution is 0.0269. The molecule has 3 aliphatic rings. The normalized spacial score (nSPS) is 26.7. The highest BCUT2D eigenvalue weighted by molar-refractivity contribution is 5.84. The molecule has 0 aromatic heterocycles. The van der Waals surface area contributed by atoms with E-state index in [0.717, 1.165) is 11.1 Å². The summed E-state index contributed by atoms with van der Waals surface area (Å²) in [4.78, 5) is 26.3. The van der Waals surface area contributed by atoms with E-state index in [-0.39, 0.29) is 29.9 Å². The van der Waals surface area contributed by atoms with Crippen LogP contribution in [0.2, 0.25) is 0 Å². The molecule has 1 aliphatic heterocycles. The Hall–Kier alpha value is -2.76. The van der Waals surface area contributed by atoms with Crippen molar-refractivity contribution in [2.45, 2.75) is 45.3 Å². The number of hydrogen-bond acceptors (Lipinski definition) is 4. The minimum Gasteiger partial charge on any atom is -0.449 e. The fourth-order valence-electron chi connectivity index (χ4n) is 4.72. The quantitative estimate of drug-likeness (QED) is 0.802. The second-order valence-electron chi connectivity index (χ2n) is 9.42. The third-order valence-electron chi connectivity index (χ3n) is 6.29. The molecule has 1 heterocycles. The third-order valence-corrected chi connectivity index (χ3v) is 6.29. The molecule has 0 spiro atoms. The Bertz CT molecular complexity index is 902. The van der Waals surface area contributed by atoms with E-state index in [9.17, 15) is 9.59 Å². The maximum atomic E-state index is 12.4. The molecule has 0 radical (unpaired) electrons. The van der Waals surface area contributed by atoms with Crippen molar-refractivity contribution in [1.82, 2.24) is 10.2 Å². The number of nitrogens with one attached hydrogen (secondary N) is 1. The summed E-state index contributed by atoms with van der Waals surface area (Å²) in [5.41, 5.74) is 4.14. The highest BCUT2D eigenvalue weighted by atomic mass is 16.6. The first kappa shape index (κ1) is 20.5. The van der Waals surface area contributed by atoms with E-state index in [4.69, 9.17) is 9.47 Å². The zero-order valence-corrected chi connectivity index (χ0v) is 18.1. The molecule has 1 N–H and O–H groups in total. The molecule has 2 fully saturated rings. The number of fused-ring (bicyclic) bond motifs is 2. The summed E-state index contributed by atoms with van der Waals surface area (Å²) >= 11 is 0. The van der Waals surface area contributed by atoms with E-state index < -0.39 is 11.7 Å². The van der Waals surface area contributed by atoms with Crippen LogP contribution in [0.3, 0.4) is 0 Å². The van der Waals surface area contributed by atoms with E-state index in [1.165, 1.54) is 11.1 Å². The number of rotatable bonds is 4. The first-order valence-corrected chi connectivity index (χ1v) is 10.5. The first-order valence-electron chi connectivity index (χ1n) is 10.5.